The minimum absolute atomic E-state index is 0.0163. The predicted molar refractivity (Wildman–Crippen MR) is 93.3 cm³/mol. The number of hydrogen-bond acceptors (Lipinski definition) is 5. The highest BCUT2D eigenvalue weighted by Crippen LogP contribution is 2.10. The summed E-state index contributed by atoms with van der Waals surface area (Å²) < 4.78 is 0. The van der Waals surface area contributed by atoms with Gasteiger partial charge in [-0.2, -0.15) is 0 Å². The van der Waals surface area contributed by atoms with E-state index in [9.17, 15) is 14.4 Å². The van der Waals surface area contributed by atoms with Gasteiger partial charge >= 0.3 is 0 Å². The lowest BCUT2D eigenvalue weighted by atomic mass is 10.0. The summed E-state index contributed by atoms with van der Waals surface area (Å²) in [6, 6.07) is -0.323. The highest BCUT2D eigenvalue weighted by molar-refractivity contribution is 5.83. The van der Waals surface area contributed by atoms with Gasteiger partial charge in [0.1, 0.15) is 17.9 Å². The smallest absolute Gasteiger partial charge is 0.146 e. The summed E-state index contributed by atoms with van der Waals surface area (Å²) in [5.74, 6) is -0.0131. The molecular weight excluding hydrogens is 280 g/mol. The van der Waals surface area contributed by atoms with E-state index in [2.05, 4.69) is 5.32 Å². The van der Waals surface area contributed by atoms with Crippen molar-refractivity contribution in [2.75, 3.05) is 26.7 Å². The van der Waals surface area contributed by atoms with Gasteiger partial charge in [0, 0.05) is 0 Å². The molecule has 1 atom stereocenters. The van der Waals surface area contributed by atoms with Crippen molar-refractivity contribution in [3.8, 4) is 0 Å². The SMILES string of the molecule is CC.CC.CNCCCCC(C(C)=O)N(CC=O)CC(C)=O. The first-order valence-corrected chi connectivity index (χ1v) is 8.35. The summed E-state index contributed by atoms with van der Waals surface area (Å²) in [5.41, 5.74) is 0. The van der Waals surface area contributed by atoms with Crippen molar-refractivity contribution >= 4 is 17.9 Å². The van der Waals surface area contributed by atoms with Gasteiger partial charge in [-0.3, -0.25) is 14.5 Å². The first-order chi connectivity index (χ1) is 10.5. The highest BCUT2D eigenvalue weighted by atomic mass is 16.1. The van der Waals surface area contributed by atoms with Gasteiger partial charge in [0.05, 0.1) is 19.1 Å². The van der Waals surface area contributed by atoms with Gasteiger partial charge in [-0.05, 0) is 40.3 Å². The van der Waals surface area contributed by atoms with Crippen molar-refractivity contribution in [2.45, 2.75) is 66.8 Å². The summed E-state index contributed by atoms with van der Waals surface area (Å²) in [5, 5.41) is 3.05. The second-order valence-corrected chi connectivity index (χ2v) is 4.52. The maximum absolute atomic E-state index is 11.6. The quantitative estimate of drug-likeness (QED) is 0.468. The average Bonchev–Trinajstić information content (AvgIpc) is 2.50. The molecule has 22 heavy (non-hydrogen) atoms. The minimum Gasteiger partial charge on any atom is -0.320 e. The van der Waals surface area contributed by atoms with Crippen molar-refractivity contribution in [3.05, 3.63) is 0 Å². The van der Waals surface area contributed by atoms with Crippen molar-refractivity contribution in [1.29, 1.82) is 0 Å². The van der Waals surface area contributed by atoms with Crippen LogP contribution in [0.4, 0.5) is 0 Å². The number of ketones is 2. The molecule has 0 rings (SSSR count). The molecule has 0 fully saturated rings. The fourth-order valence-electron chi connectivity index (χ4n) is 1.97. The lowest BCUT2D eigenvalue weighted by Gasteiger charge is -2.27. The summed E-state index contributed by atoms with van der Waals surface area (Å²) in [4.78, 5) is 35.1. The number of Topliss-reactive ketones (excluding diaryl/α,β-unsaturated/α-hetero) is 2. The molecule has 0 aromatic rings. The third kappa shape index (κ3) is 15.3. The molecule has 0 heterocycles. The van der Waals surface area contributed by atoms with Crippen LogP contribution >= 0.6 is 0 Å². The Bertz CT molecular complexity index is 281. The molecule has 0 radical (unpaired) electrons. The van der Waals surface area contributed by atoms with Gasteiger partial charge in [-0.25, -0.2) is 0 Å². The second kappa shape index (κ2) is 19.9. The summed E-state index contributed by atoms with van der Waals surface area (Å²) in [7, 11) is 1.89. The molecule has 5 nitrogen and oxygen atoms in total. The maximum atomic E-state index is 11.6. The Morgan fingerprint density at radius 2 is 1.64 bits per heavy atom. The number of carbonyl (C=O) groups is 3. The van der Waals surface area contributed by atoms with Gasteiger partial charge in [0.15, 0.2) is 0 Å². The zero-order valence-electron chi connectivity index (χ0n) is 15.6. The molecule has 0 aromatic carbocycles. The van der Waals surface area contributed by atoms with E-state index in [4.69, 9.17) is 0 Å². The molecule has 0 aliphatic heterocycles. The Morgan fingerprint density at radius 3 is 2.00 bits per heavy atom. The van der Waals surface area contributed by atoms with Crippen LogP contribution in [0.3, 0.4) is 0 Å². The third-order valence-corrected chi connectivity index (χ3v) is 2.80. The Morgan fingerprint density at radius 1 is 1.09 bits per heavy atom. The average molecular weight is 316 g/mol. The molecule has 1 N–H and O–H groups in total. The largest absolute Gasteiger partial charge is 0.320 e. The fourth-order valence-corrected chi connectivity index (χ4v) is 1.97. The molecule has 0 saturated heterocycles. The third-order valence-electron chi connectivity index (χ3n) is 2.80. The Hall–Kier alpha value is -1.07. The minimum atomic E-state index is -0.323. The molecule has 0 aromatic heterocycles. The van der Waals surface area contributed by atoms with Gasteiger partial charge < -0.3 is 10.1 Å². The van der Waals surface area contributed by atoms with Crippen LogP contribution < -0.4 is 5.32 Å². The molecule has 5 heteroatoms. The molecule has 0 amide bonds. The van der Waals surface area contributed by atoms with Crippen LogP contribution in [-0.4, -0.2) is 55.5 Å². The van der Waals surface area contributed by atoms with E-state index in [0.29, 0.717) is 6.42 Å². The normalized spacial score (nSPS) is 10.7. The fraction of sp³-hybridized carbons (Fsp3) is 0.824. The Balaban J connectivity index is -0.000000826. The van der Waals surface area contributed by atoms with Crippen LogP contribution in [0, 0.1) is 0 Å². The van der Waals surface area contributed by atoms with E-state index in [1.165, 1.54) is 13.8 Å². The molecule has 0 aliphatic rings. The Kier molecular flexibility index (Phi) is 23.4. The molecule has 0 bridgehead atoms. The number of nitrogens with one attached hydrogen (secondary N) is 1. The van der Waals surface area contributed by atoms with Gasteiger partial charge in [0.25, 0.3) is 0 Å². The predicted octanol–water partition coefficient (Wildman–Crippen LogP) is 2.48. The zero-order chi connectivity index (χ0) is 18.0. The number of unbranched alkanes of at least 4 members (excludes halogenated alkanes) is 1. The Labute approximate surface area is 136 Å². The van der Waals surface area contributed by atoms with Gasteiger partial charge in [0.2, 0.25) is 0 Å². The van der Waals surface area contributed by atoms with E-state index in [1.807, 2.05) is 34.7 Å². The standard InChI is InChI=1S/C13H24N2O3.2C2H6/c1-11(17)10-15(8-9-16)13(12(2)18)6-4-5-7-14-3;2*1-2/h9,13-14H,4-8,10H2,1-3H3;2*1-2H3. The van der Waals surface area contributed by atoms with E-state index in [1.54, 1.807) is 4.90 Å². The van der Waals surface area contributed by atoms with Crippen molar-refractivity contribution in [1.82, 2.24) is 10.2 Å². The van der Waals surface area contributed by atoms with E-state index < -0.39 is 0 Å². The van der Waals surface area contributed by atoms with Crippen molar-refractivity contribution in [2.24, 2.45) is 0 Å². The molecule has 132 valence electrons. The number of nitrogens with zero attached hydrogens (tertiary/aromatic N) is 1. The molecule has 0 saturated carbocycles. The van der Waals surface area contributed by atoms with Crippen LogP contribution in [0.1, 0.15) is 60.8 Å². The van der Waals surface area contributed by atoms with Crippen LogP contribution in [0.2, 0.25) is 0 Å². The van der Waals surface area contributed by atoms with Crippen LogP contribution in [0.5, 0.6) is 0 Å². The topological polar surface area (TPSA) is 66.5 Å². The number of hydrogen-bond donors (Lipinski definition) is 1. The number of rotatable bonds is 11. The monoisotopic (exact) mass is 316 g/mol. The number of aldehydes is 1. The maximum Gasteiger partial charge on any atom is 0.146 e. The molecule has 1 unspecified atom stereocenters. The zero-order valence-corrected chi connectivity index (χ0v) is 15.6. The van der Waals surface area contributed by atoms with Gasteiger partial charge in [-0.15, -0.1) is 0 Å². The highest BCUT2D eigenvalue weighted by Gasteiger charge is 2.22. The van der Waals surface area contributed by atoms with E-state index >= 15 is 0 Å². The van der Waals surface area contributed by atoms with E-state index in [-0.39, 0.29) is 30.7 Å². The first kappa shape index (κ1) is 25.9. The first-order valence-electron chi connectivity index (χ1n) is 8.35. The lowest BCUT2D eigenvalue weighted by Crippen LogP contribution is -2.43. The van der Waals surface area contributed by atoms with Crippen LogP contribution in [0.15, 0.2) is 0 Å². The van der Waals surface area contributed by atoms with Crippen LogP contribution in [0.25, 0.3) is 0 Å². The van der Waals surface area contributed by atoms with Gasteiger partial charge in [-0.1, -0.05) is 34.1 Å². The van der Waals surface area contributed by atoms with E-state index in [0.717, 1.165) is 25.7 Å². The molecule has 0 aliphatic carbocycles. The summed E-state index contributed by atoms with van der Waals surface area (Å²) in [6.45, 7) is 12.2. The molecular formula is C17H36N2O3. The lowest BCUT2D eigenvalue weighted by molar-refractivity contribution is -0.125. The van der Waals surface area contributed by atoms with Crippen LogP contribution in [-0.2, 0) is 14.4 Å². The summed E-state index contributed by atoms with van der Waals surface area (Å²) in [6.07, 6.45) is 3.32. The van der Waals surface area contributed by atoms with Crippen molar-refractivity contribution < 1.29 is 14.4 Å². The number of carbonyl (C=O) groups excluding carboxylic acids is 3. The second-order valence-electron chi connectivity index (χ2n) is 4.52. The van der Waals surface area contributed by atoms with Crippen molar-refractivity contribution in [3.63, 3.8) is 0 Å². The summed E-state index contributed by atoms with van der Waals surface area (Å²) >= 11 is 0. The molecule has 0 spiro atoms.